The van der Waals surface area contributed by atoms with Gasteiger partial charge in [0.2, 0.25) is 17.7 Å². The fraction of sp³-hybridized carbons (Fsp3) is 0.417. The minimum Gasteiger partial charge on any atom is -0.325 e. The van der Waals surface area contributed by atoms with Gasteiger partial charge in [0.05, 0.1) is 18.2 Å². The number of anilines is 1. The van der Waals surface area contributed by atoms with Gasteiger partial charge in [0.1, 0.15) is 0 Å². The predicted molar refractivity (Wildman–Crippen MR) is 71.6 cm³/mol. The van der Waals surface area contributed by atoms with Crippen LogP contribution in [0.25, 0.3) is 0 Å². The summed E-state index contributed by atoms with van der Waals surface area (Å²) in [6, 6.07) is 1.35. The van der Waals surface area contributed by atoms with E-state index in [0.29, 0.717) is 6.54 Å². The number of thiophene rings is 1. The fourth-order valence-electron chi connectivity index (χ4n) is 1.91. The van der Waals surface area contributed by atoms with Gasteiger partial charge in [-0.25, -0.2) is 0 Å². The smallest absolute Gasteiger partial charge is 0.246 e. The van der Waals surface area contributed by atoms with E-state index < -0.39 is 6.04 Å². The molecule has 2 rings (SSSR count). The number of nitrogens with zero attached hydrogens (tertiary/aromatic N) is 1. The molecule has 0 aromatic carbocycles. The maximum atomic E-state index is 11.7. The minimum absolute atomic E-state index is 0.133. The van der Waals surface area contributed by atoms with Crippen LogP contribution in [0.5, 0.6) is 0 Å². The van der Waals surface area contributed by atoms with Crippen molar-refractivity contribution in [2.45, 2.75) is 25.9 Å². The standard InChI is InChI=1S/C12H15N3O3S/c1-7(16)14-8-3-4-19-10(8)6-13-9-5-11(17)15(2)12(9)18/h3-4,9,13H,5-6H2,1-2H3,(H,14,16). The van der Waals surface area contributed by atoms with E-state index in [-0.39, 0.29) is 24.1 Å². The number of hydrogen-bond acceptors (Lipinski definition) is 5. The molecule has 1 unspecified atom stereocenters. The molecule has 1 aromatic heterocycles. The summed E-state index contributed by atoms with van der Waals surface area (Å²) in [4.78, 5) is 36.2. The van der Waals surface area contributed by atoms with Crippen LogP contribution in [0.15, 0.2) is 11.4 Å². The van der Waals surface area contributed by atoms with Crippen LogP contribution in [0.1, 0.15) is 18.2 Å². The minimum atomic E-state index is -0.468. The summed E-state index contributed by atoms with van der Waals surface area (Å²) in [5.74, 6) is -0.509. The SMILES string of the molecule is CC(=O)Nc1ccsc1CNC1CC(=O)N(C)C1=O. The highest BCUT2D eigenvalue weighted by atomic mass is 32.1. The highest BCUT2D eigenvalue weighted by Gasteiger charge is 2.35. The van der Waals surface area contributed by atoms with Crippen LogP contribution in [0.2, 0.25) is 0 Å². The molecule has 2 N–H and O–H groups in total. The van der Waals surface area contributed by atoms with Crippen molar-refractivity contribution >= 4 is 34.7 Å². The van der Waals surface area contributed by atoms with Crippen LogP contribution in [0.3, 0.4) is 0 Å². The number of hydrogen-bond donors (Lipinski definition) is 2. The summed E-state index contributed by atoms with van der Waals surface area (Å²) in [5.41, 5.74) is 0.745. The monoisotopic (exact) mass is 281 g/mol. The molecule has 0 aliphatic carbocycles. The lowest BCUT2D eigenvalue weighted by atomic mass is 10.2. The van der Waals surface area contributed by atoms with E-state index in [9.17, 15) is 14.4 Å². The summed E-state index contributed by atoms with van der Waals surface area (Å²) in [5, 5.41) is 7.65. The lowest BCUT2D eigenvalue weighted by molar-refractivity contribution is -0.137. The van der Waals surface area contributed by atoms with Gasteiger partial charge in [-0.2, -0.15) is 0 Å². The molecule has 0 saturated carbocycles. The molecule has 2 heterocycles. The molecule has 1 saturated heterocycles. The molecule has 19 heavy (non-hydrogen) atoms. The van der Waals surface area contributed by atoms with Crippen molar-refractivity contribution in [3.8, 4) is 0 Å². The normalized spacial score (nSPS) is 19.1. The highest BCUT2D eigenvalue weighted by Crippen LogP contribution is 2.22. The summed E-state index contributed by atoms with van der Waals surface area (Å²) in [6.45, 7) is 1.90. The Kier molecular flexibility index (Phi) is 3.96. The van der Waals surface area contributed by atoms with E-state index in [4.69, 9.17) is 0 Å². The molecule has 7 heteroatoms. The summed E-state index contributed by atoms with van der Waals surface area (Å²) < 4.78 is 0. The average molecular weight is 281 g/mol. The third kappa shape index (κ3) is 2.99. The van der Waals surface area contributed by atoms with E-state index in [0.717, 1.165) is 15.5 Å². The number of amides is 3. The number of likely N-dealkylation sites (tertiary alicyclic amines) is 1. The van der Waals surface area contributed by atoms with Gasteiger partial charge in [0, 0.05) is 25.4 Å². The number of imide groups is 1. The van der Waals surface area contributed by atoms with Gasteiger partial charge in [0.15, 0.2) is 0 Å². The molecule has 102 valence electrons. The van der Waals surface area contributed by atoms with Crippen molar-refractivity contribution < 1.29 is 14.4 Å². The van der Waals surface area contributed by atoms with E-state index in [2.05, 4.69) is 10.6 Å². The Balaban J connectivity index is 1.96. The van der Waals surface area contributed by atoms with Crippen molar-refractivity contribution in [3.63, 3.8) is 0 Å². The zero-order valence-electron chi connectivity index (χ0n) is 10.7. The lowest BCUT2D eigenvalue weighted by Crippen LogP contribution is -2.36. The van der Waals surface area contributed by atoms with Gasteiger partial charge in [-0.15, -0.1) is 11.3 Å². The van der Waals surface area contributed by atoms with Gasteiger partial charge in [-0.3, -0.25) is 19.3 Å². The molecule has 6 nitrogen and oxygen atoms in total. The molecule has 0 bridgehead atoms. The molecule has 0 spiro atoms. The maximum Gasteiger partial charge on any atom is 0.246 e. The van der Waals surface area contributed by atoms with E-state index in [1.165, 1.54) is 25.3 Å². The van der Waals surface area contributed by atoms with Crippen LogP contribution in [0, 0.1) is 0 Å². The number of rotatable bonds is 4. The highest BCUT2D eigenvalue weighted by molar-refractivity contribution is 7.10. The van der Waals surface area contributed by atoms with Crippen molar-refractivity contribution in [1.29, 1.82) is 0 Å². The number of nitrogens with one attached hydrogen (secondary N) is 2. The topological polar surface area (TPSA) is 78.5 Å². The average Bonchev–Trinajstić information content (AvgIpc) is 2.87. The zero-order valence-corrected chi connectivity index (χ0v) is 11.5. The van der Waals surface area contributed by atoms with Crippen molar-refractivity contribution in [2.24, 2.45) is 0 Å². The van der Waals surface area contributed by atoms with Gasteiger partial charge in [-0.1, -0.05) is 0 Å². The Morgan fingerprint density at radius 1 is 1.53 bits per heavy atom. The molecular weight excluding hydrogens is 266 g/mol. The first kappa shape index (κ1) is 13.7. The van der Waals surface area contributed by atoms with Crippen LogP contribution >= 0.6 is 11.3 Å². The van der Waals surface area contributed by atoms with Crippen LogP contribution < -0.4 is 10.6 Å². The van der Waals surface area contributed by atoms with Crippen LogP contribution in [-0.4, -0.2) is 35.7 Å². The third-order valence-corrected chi connectivity index (χ3v) is 3.87. The Morgan fingerprint density at radius 3 is 2.84 bits per heavy atom. The van der Waals surface area contributed by atoms with Gasteiger partial charge >= 0.3 is 0 Å². The molecule has 1 aromatic rings. The van der Waals surface area contributed by atoms with Crippen molar-refractivity contribution in [1.82, 2.24) is 10.2 Å². The molecule has 1 aliphatic heterocycles. The van der Waals surface area contributed by atoms with Gasteiger partial charge < -0.3 is 10.6 Å². The van der Waals surface area contributed by atoms with Crippen molar-refractivity contribution in [2.75, 3.05) is 12.4 Å². The number of likely N-dealkylation sites (N-methyl/N-ethyl adjacent to an activating group) is 1. The molecule has 1 atom stereocenters. The van der Waals surface area contributed by atoms with E-state index in [1.54, 1.807) is 0 Å². The predicted octanol–water partition coefficient (Wildman–Crippen LogP) is 0.553. The van der Waals surface area contributed by atoms with Crippen LogP contribution in [-0.2, 0) is 20.9 Å². The fourth-order valence-corrected chi connectivity index (χ4v) is 2.69. The number of carbonyl (C=O) groups excluding carboxylic acids is 3. The summed E-state index contributed by atoms with van der Waals surface area (Å²) in [7, 11) is 1.49. The summed E-state index contributed by atoms with van der Waals surface area (Å²) >= 11 is 1.49. The van der Waals surface area contributed by atoms with E-state index >= 15 is 0 Å². The zero-order chi connectivity index (χ0) is 14.0. The Hall–Kier alpha value is -1.73. The molecular formula is C12H15N3O3S. The molecule has 0 radical (unpaired) electrons. The van der Waals surface area contributed by atoms with Crippen molar-refractivity contribution in [3.05, 3.63) is 16.3 Å². The quantitative estimate of drug-likeness (QED) is 0.790. The molecule has 3 amide bonds. The lowest BCUT2D eigenvalue weighted by Gasteiger charge is -2.11. The first-order valence-electron chi connectivity index (χ1n) is 5.86. The maximum absolute atomic E-state index is 11.7. The second-order valence-corrected chi connectivity index (χ2v) is 5.37. The third-order valence-electron chi connectivity index (χ3n) is 2.95. The Morgan fingerprint density at radius 2 is 2.26 bits per heavy atom. The first-order chi connectivity index (χ1) is 8.99. The Labute approximate surface area is 114 Å². The van der Waals surface area contributed by atoms with Gasteiger partial charge in [-0.05, 0) is 11.4 Å². The summed E-state index contributed by atoms with van der Waals surface area (Å²) in [6.07, 6.45) is 0.191. The van der Waals surface area contributed by atoms with Gasteiger partial charge in [0.25, 0.3) is 0 Å². The molecule has 1 aliphatic rings. The van der Waals surface area contributed by atoms with Crippen LogP contribution in [0.4, 0.5) is 5.69 Å². The molecule has 1 fully saturated rings. The second-order valence-electron chi connectivity index (χ2n) is 4.37. The van der Waals surface area contributed by atoms with E-state index in [1.807, 2.05) is 11.4 Å². The largest absolute Gasteiger partial charge is 0.325 e. The Bertz CT molecular complexity index is 526. The number of carbonyl (C=O) groups is 3. The first-order valence-corrected chi connectivity index (χ1v) is 6.74. The second kappa shape index (κ2) is 5.50.